The molecular formula is C12H14NO3PdS-. The Labute approximate surface area is 121 Å². The quantitative estimate of drug-likeness (QED) is 0.767. The van der Waals surface area contributed by atoms with E-state index in [9.17, 15) is 13.2 Å². The Kier molecular flexibility index (Phi) is 5.67. The summed E-state index contributed by atoms with van der Waals surface area (Å²) in [4.78, 5) is 12.0. The third-order valence-corrected chi connectivity index (χ3v) is 4.45. The Balaban J connectivity index is 0.00000162. The summed E-state index contributed by atoms with van der Waals surface area (Å²) in [6, 6.07) is 7.65. The van der Waals surface area contributed by atoms with E-state index in [1.54, 1.807) is 18.2 Å². The van der Waals surface area contributed by atoms with Crippen molar-refractivity contribution in [2.24, 2.45) is 0 Å². The molecule has 0 aromatic heterocycles. The molecule has 0 bridgehead atoms. The summed E-state index contributed by atoms with van der Waals surface area (Å²) in [5, 5.41) is 4.10. The smallest absolute Gasteiger partial charge is 0.185 e. The van der Waals surface area contributed by atoms with Crippen LogP contribution in [0.5, 0.6) is 0 Å². The fourth-order valence-corrected chi connectivity index (χ4v) is 3.19. The normalized spacial score (nSPS) is 19.2. The molecule has 18 heavy (non-hydrogen) atoms. The van der Waals surface area contributed by atoms with Gasteiger partial charge in [-0.1, -0.05) is 37.1 Å². The summed E-state index contributed by atoms with van der Waals surface area (Å²) < 4.78 is 23.9. The fourth-order valence-electron chi connectivity index (χ4n) is 1.88. The van der Waals surface area contributed by atoms with Crippen molar-refractivity contribution in [3.8, 4) is 0 Å². The average Bonchev–Trinajstić information content (AvgIpc) is 2.83. The standard InChI is InChI=1S/C12H14NO3S.Pd/c14-12(11-7-4-8-13-11)9-17(15,16)10-5-2-1-3-6-10;/h1-3,5-6,11H,4,7-9H2;/q-1;. The molecule has 0 radical (unpaired) electrons. The van der Waals surface area contributed by atoms with Gasteiger partial charge in [0, 0.05) is 20.4 Å². The van der Waals surface area contributed by atoms with Crippen molar-refractivity contribution < 1.29 is 33.6 Å². The predicted molar refractivity (Wildman–Crippen MR) is 64.7 cm³/mol. The minimum atomic E-state index is -3.51. The molecule has 6 heteroatoms. The Bertz CT molecular complexity index is 495. The van der Waals surface area contributed by atoms with Crippen molar-refractivity contribution in [2.45, 2.75) is 23.8 Å². The second-order valence-electron chi connectivity index (χ2n) is 4.10. The van der Waals surface area contributed by atoms with Gasteiger partial charge in [-0.25, -0.2) is 8.42 Å². The number of rotatable bonds is 4. The van der Waals surface area contributed by atoms with Gasteiger partial charge in [-0.15, -0.1) is 6.54 Å². The van der Waals surface area contributed by atoms with E-state index >= 15 is 0 Å². The first-order valence-corrected chi connectivity index (χ1v) is 7.22. The maximum absolute atomic E-state index is 11.9. The number of hydrogen-bond donors (Lipinski definition) is 0. The van der Waals surface area contributed by atoms with Crippen LogP contribution < -0.4 is 0 Å². The van der Waals surface area contributed by atoms with Gasteiger partial charge in [0.05, 0.1) is 4.90 Å². The third kappa shape index (κ3) is 3.73. The number of carbonyl (C=O) groups excluding carboxylic acids is 1. The zero-order valence-corrected chi connectivity index (χ0v) is 12.1. The summed E-state index contributed by atoms with van der Waals surface area (Å²) in [5.41, 5.74) is 0. The summed E-state index contributed by atoms with van der Waals surface area (Å²) in [5.74, 6) is -0.725. The van der Waals surface area contributed by atoms with Crippen molar-refractivity contribution in [1.82, 2.24) is 0 Å². The molecule has 1 aliphatic heterocycles. The molecule has 0 amide bonds. The largest absolute Gasteiger partial charge is 0.653 e. The first kappa shape index (κ1) is 15.5. The number of Topliss-reactive ketones (excluding diaryl/α,β-unsaturated/α-hetero) is 1. The van der Waals surface area contributed by atoms with Crippen molar-refractivity contribution in [3.63, 3.8) is 0 Å². The molecule has 0 spiro atoms. The van der Waals surface area contributed by atoms with Crippen LogP contribution in [0.4, 0.5) is 0 Å². The van der Waals surface area contributed by atoms with Crippen LogP contribution in [0.3, 0.4) is 0 Å². The number of nitrogens with zero attached hydrogens (tertiary/aromatic N) is 1. The van der Waals surface area contributed by atoms with Crippen LogP contribution in [0, 0.1) is 0 Å². The fraction of sp³-hybridized carbons (Fsp3) is 0.417. The van der Waals surface area contributed by atoms with Crippen LogP contribution in [0.2, 0.25) is 0 Å². The molecule has 0 N–H and O–H groups in total. The molecule has 102 valence electrons. The van der Waals surface area contributed by atoms with E-state index < -0.39 is 21.6 Å². The number of ketones is 1. The molecule has 1 unspecified atom stereocenters. The van der Waals surface area contributed by atoms with Crippen LogP contribution in [-0.4, -0.2) is 32.5 Å². The monoisotopic (exact) mass is 358 g/mol. The van der Waals surface area contributed by atoms with Gasteiger partial charge in [0.2, 0.25) is 0 Å². The van der Waals surface area contributed by atoms with Crippen molar-refractivity contribution in [1.29, 1.82) is 0 Å². The summed E-state index contributed by atoms with van der Waals surface area (Å²) >= 11 is 0. The van der Waals surface area contributed by atoms with Gasteiger partial charge in [0.1, 0.15) is 11.5 Å². The Morgan fingerprint density at radius 2 is 1.94 bits per heavy atom. The van der Waals surface area contributed by atoms with Gasteiger partial charge >= 0.3 is 0 Å². The maximum Gasteiger partial charge on any atom is 0.185 e. The first-order chi connectivity index (χ1) is 8.09. The molecule has 1 atom stereocenters. The number of sulfone groups is 1. The van der Waals surface area contributed by atoms with Gasteiger partial charge in [-0.05, 0) is 12.1 Å². The average molecular weight is 359 g/mol. The van der Waals surface area contributed by atoms with Gasteiger partial charge < -0.3 is 10.1 Å². The Morgan fingerprint density at radius 3 is 2.50 bits per heavy atom. The molecule has 1 saturated heterocycles. The van der Waals surface area contributed by atoms with Gasteiger partial charge in [0.25, 0.3) is 0 Å². The topological polar surface area (TPSA) is 65.3 Å². The molecule has 1 heterocycles. The van der Waals surface area contributed by atoms with Crippen molar-refractivity contribution in [2.75, 3.05) is 12.3 Å². The molecule has 1 fully saturated rings. The van der Waals surface area contributed by atoms with Crippen molar-refractivity contribution in [3.05, 3.63) is 35.6 Å². The minimum absolute atomic E-state index is 0. The molecule has 0 aliphatic carbocycles. The first-order valence-electron chi connectivity index (χ1n) is 5.57. The van der Waals surface area contributed by atoms with E-state index in [2.05, 4.69) is 5.32 Å². The SMILES string of the molecule is O=C(CS(=O)(=O)c1ccccc1)C1CCC[N-]1.[Pd]. The molecular weight excluding hydrogens is 345 g/mol. The van der Waals surface area contributed by atoms with E-state index in [1.165, 1.54) is 12.1 Å². The summed E-state index contributed by atoms with van der Waals surface area (Å²) in [6.07, 6.45) is 1.56. The summed E-state index contributed by atoms with van der Waals surface area (Å²) in [6.45, 7) is 0.668. The Hall–Kier alpha value is -0.538. The van der Waals surface area contributed by atoms with E-state index in [0.29, 0.717) is 13.0 Å². The van der Waals surface area contributed by atoms with E-state index in [0.717, 1.165) is 6.42 Å². The zero-order chi connectivity index (χ0) is 12.3. The zero-order valence-electron chi connectivity index (χ0n) is 9.69. The predicted octanol–water partition coefficient (Wildman–Crippen LogP) is 1.56. The maximum atomic E-state index is 11.9. The number of carbonyl (C=O) groups is 1. The van der Waals surface area contributed by atoms with Crippen LogP contribution in [0.15, 0.2) is 35.2 Å². The van der Waals surface area contributed by atoms with Crippen LogP contribution in [0.1, 0.15) is 12.8 Å². The molecule has 0 saturated carbocycles. The molecule has 1 aromatic carbocycles. The molecule has 1 aromatic rings. The molecule has 2 rings (SSSR count). The second-order valence-corrected chi connectivity index (χ2v) is 6.09. The molecule has 1 aliphatic rings. The minimum Gasteiger partial charge on any atom is -0.653 e. The Morgan fingerprint density at radius 1 is 1.28 bits per heavy atom. The van der Waals surface area contributed by atoms with Crippen LogP contribution in [-0.2, 0) is 35.1 Å². The van der Waals surface area contributed by atoms with Crippen LogP contribution in [0.25, 0.3) is 5.32 Å². The van der Waals surface area contributed by atoms with Gasteiger partial charge in [-0.3, -0.25) is 0 Å². The molecule has 4 nitrogen and oxygen atoms in total. The number of hydrogen-bond acceptors (Lipinski definition) is 3. The van der Waals surface area contributed by atoms with E-state index in [4.69, 9.17) is 0 Å². The van der Waals surface area contributed by atoms with Crippen molar-refractivity contribution >= 4 is 15.6 Å². The van der Waals surface area contributed by atoms with E-state index in [-0.39, 0.29) is 31.1 Å². The number of benzene rings is 1. The second kappa shape index (κ2) is 6.58. The van der Waals surface area contributed by atoms with Crippen LogP contribution >= 0.6 is 0 Å². The third-order valence-electron chi connectivity index (χ3n) is 2.79. The van der Waals surface area contributed by atoms with Gasteiger partial charge in [0.15, 0.2) is 9.84 Å². The summed E-state index contributed by atoms with van der Waals surface area (Å²) in [7, 11) is -3.51. The van der Waals surface area contributed by atoms with E-state index in [1.807, 2.05) is 0 Å². The van der Waals surface area contributed by atoms with Gasteiger partial charge in [-0.2, -0.15) is 0 Å².